The summed E-state index contributed by atoms with van der Waals surface area (Å²) >= 11 is 0. The van der Waals surface area contributed by atoms with E-state index in [-0.39, 0.29) is 12.5 Å². The molecule has 1 amide bonds. The average Bonchev–Trinajstić information content (AvgIpc) is 3.10. The monoisotopic (exact) mass is 348 g/mol. The molecule has 5 rings (SSSR count). The molecular formula is C18H30N5O2+. The summed E-state index contributed by atoms with van der Waals surface area (Å²) < 4.78 is 1.85. The van der Waals surface area contributed by atoms with Crippen molar-refractivity contribution in [1.82, 2.24) is 20.3 Å². The summed E-state index contributed by atoms with van der Waals surface area (Å²) in [6.45, 7) is 2.88. The summed E-state index contributed by atoms with van der Waals surface area (Å²) in [5.41, 5.74) is 0.621. The van der Waals surface area contributed by atoms with Crippen molar-refractivity contribution >= 4 is 5.91 Å². The number of hydrogen-bond acceptors (Lipinski definition) is 4. The summed E-state index contributed by atoms with van der Waals surface area (Å²) in [6.07, 6.45) is 10.2. The van der Waals surface area contributed by atoms with Crippen LogP contribution in [0.1, 0.15) is 50.6 Å². The van der Waals surface area contributed by atoms with Gasteiger partial charge in [-0.05, 0) is 18.8 Å². The Kier molecular flexibility index (Phi) is 5.03. The predicted octanol–water partition coefficient (Wildman–Crippen LogP) is -0.487. The smallest absolute Gasteiger partial charge is 0.229 e. The summed E-state index contributed by atoms with van der Waals surface area (Å²) in [7, 11) is 0. The first-order valence-corrected chi connectivity index (χ1v) is 9.87. The number of hydrogen-bond donors (Lipinski definition) is 3. The highest BCUT2D eigenvalue weighted by molar-refractivity contribution is 5.79. The number of quaternary nitrogens is 1. The second-order valence-electron chi connectivity index (χ2n) is 8.13. The van der Waals surface area contributed by atoms with Crippen molar-refractivity contribution in [3.63, 3.8) is 0 Å². The fourth-order valence-corrected chi connectivity index (χ4v) is 5.10. The molecular weight excluding hydrogens is 318 g/mol. The lowest BCUT2D eigenvalue weighted by Gasteiger charge is -2.46. The molecule has 1 aliphatic carbocycles. The van der Waals surface area contributed by atoms with E-state index in [9.17, 15) is 4.79 Å². The molecule has 4 fully saturated rings. The maximum absolute atomic E-state index is 12.8. The van der Waals surface area contributed by atoms with Crippen molar-refractivity contribution < 1.29 is 14.8 Å². The lowest BCUT2D eigenvalue weighted by molar-refractivity contribution is -0.945. The highest BCUT2D eigenvalue weighted by Crippen LogP contribution is 2.28. The van der Waals surface area contributed by atoms with Crippen LogP contribution in [0.15, 0.2) is 6.20 Å². The number of carbonyl (C=O) groups excluding carboxylic acids is 1. The van der Waals surface area contributed by atoms with Gasteiger partial charge in [-0.15, -0.1) is 5.10 Å². The number of aliphatic hydroxyl groups is 1. The third-order valence-electron chi connectivity index (χ3n) is 6.50. The first kappa shape index (κ1) is 17.0. The molecule has 1 aromatic heterocycles. The van der Waals surface area contributed by atoms with E-state index >= 15 is 0 Å². The van der Waals surface area contributed by atoms with Crippen molar-refractivity contribution in [2.75, 3.05) is 13.1 Å². The zero-order valence-corrected chi connectivity index (χ0v) is 14.9. The fraction of sp³-hybridized carbons (Fsp3) is 0.833. The predicted molar refractivity (Wildman–Crippen MR) is 91.7 cm³/mol. The van der Waals surface area contributed by atoms with E-state index in [0.29, 0.717) is 29.6 Å². The first-order valence-electron chi connectivity index (χ1n) is 9.87. The molecule has 1 aromatic rings. The third kappa shape index (κ3) is 3.72. The Morgan fingerprint density at radius 2 is 2.16 bits per heavy atom. The lowest BCUT2D eigenvalue weighted by Crippen LogP contribution is -3.20. The van der Waals surface area contributed by atoms with Crippen LogP contribution in [0.5, 0.6) is 0 Å². The minimum absolute atomic E-state index is 0.0622. The van der Waals surface area contributed by atoms with Crippen molar-refractivity contribution in [3.05, 3.63) is 11.9 Å². The van der Waals surface area contributed by atoms with Crippen LogP contribution in [0.3, 0.4) is 0 Å². The number of aliphatic hydroxyl groups excluding tert-OH is 1. The summed E-state index contributed by atoms with van der Waals surface area (Å²) in [5, 5.41) is 20.5. The Balaban J connectivity index is 1.33. The van der Waals surface area contributed by atoms with Crippen molar-refractivity contribution in [1.29, 1.82) is 0 Å². The van der Waals surface area contributed by atoms with Crippen LogP contribution in [0.2, 0.25) is 0 Å². The molecule has 0 spiro atoms. The Morgan fingerprint density at radius 1 is 1.32 bits per heavy atom. The number of piperidine rings is 3. The van der Waals surface area contributed by atoms with Gasteiger partial charge in [0.2, 0.25) is 5.91 Å². The highest BCUT2D eigenvalue weighted by Gasteiger charge is 2.46. The van der Waals surface area contributed by atoms with Crippen LogP contribution in [-0.2, 0) is 17.9 Å². The zero-order valence-electron chi connectivity index (χ0n) is 14.9. The van der Waals surface area contributed by atoms with Gasteiger partial charge in [0.25, 0.3) is 0 Å². The Bertz CT molecular complexity index is 598. The number of amides is 1. The second kappa shape index (κ2) is 7.41. The number of aromatic nitrogens is 3. The highest BCUT2D eigenvalue weighted by atomic mass is 16.3. The molecule has 4 aliphatic rings. The molecule has 0 aromatic carbocycles. The van der Waals surface area contributed by atoms with E-state index in [0.717, 1.165) is 45.3 Å². The van der Waals surface area contributed by atoms with E-state index < -0.39 is 0 Å². The van der Waals surface area contributed by atoms with E-state index in [4.69, 9.17) is 5.11 Å². The Morgan fingerprint density at radius 3 is 2.84 bits per heavy atom. The summed E-state index contributed by atoms with van der Waals surface area (Å²) in [4.78, 5) is 14.3. The number of rotatable bonds is 5. The Labute approximate surface area is 148 Å². The standard InChI is InChI=1S/C18H29N5O2/c24-12-15-9-23(21-20-15)10-16-8-13-6-7-22(16)11-17(13)18(25)19-14-4-2-1-3-5-14/h9,13-14,16-17,24H,1-8,10-12H2,(H,19,25)/p+1/t13-,16-,17+/m1/s1. The number of fused-ring (bicyclic) bond motifs is 3. The van der Waals surface area contributed by atoms with Gasteiger partial charge in [-0.2, -0.15) is 0 Å². The van der Waals surface area contributed by atoms with Crippen LogP contribution in [0.4, 0.5) is 0 Å². The van der Waals surface area contributed by atoms with Crippen molar-refractivity contribution in [2.24, 2.45) is 11.8 Å². The molecule has 1 saturated carbocycles. The SMILES string of the molecule is O=C(NC1CCCCC1)[C@H]1C[NH+]2CC[C@@H]1C[C@@H]2Cn1cc(CO)nn1. The van der Waals surface area contributed by atoms with E-state index in [1.165, 1.54) is 24.2 Å². The summed E-state index contributed by atoms with van der Waals surface area (Å²) in [6, 6.07) is 0.917. The first-order chi connectivity index (χ1) is 12.2. The van der Waals surface area contributed by atoms with Crippen LogP contribution in [0.25, 0.3) is 0 Å². The van der Waals surface area contributed by atoms with Gasteiger partial charge in [0.05, 0.1) is 38.4 Å². The van der Waals surface area contributed by atoms with Crippen molar-refractivity contribution in [3.8, 4) is 0 Å². The second-order valence-corrected chi connectivity index (χ2v) is 8.13. The van der Waals surface area contributed by atoms with Gasteiger partial charge >= 0.3 is 0 Å². The van der Waals surface area contributed by atoms with Gasteiger partial charge in [-0.3, -0.25) is 4.79 Å². The van der Waals surface area contributed by atoms with Gasteiger partial charge in [0, 0.05) is 18.9 Å². The molecule has 3 N–H and O–H groups in total. The molecule has 4 heterocycles. The van der Waals surface area contributed by atoms with Gasteiger partial charge in [-0.1, -0.05) is 24.5 Å². The van der Waals surface area contributed by atoms with Gasteiger partial charge in [0.15, 0.2) is 0 Å². The lowest BCUT2D eigenvalue weighted by atomic mass is 9.75. The van der Waals surface area contributed by atoms with Gasteiger partial charge in [0.1, 0.15) is 11.7 Å². The largest absolute Gasteiger partial charge is 0.390 e. The molecule has 2 bridgehead atoms. The zero-order chi connectivity index (χ0) is 17.2. The summed E-state index contributed by atoms with van der Waals surface area (Å²) in [5.74, 6) is 0.994. The van der Waals surface area contributed by atoms with Crippen LogP contribution < -0.4 is 10.2 Å². The molecule has 3 saturated heterocycles. The van der Waals surface area contributed by atoms with Gasteiger partial charge < -0.3 is 15.3 Å². The number of nitrogens with zero attached hydrogens (tertiary/aromatic N) is 3. The molecule has 0 radical (unpaired) electrons. The maximum Gasteiger partial charge on any atom is 0.229 e. The van der Waals surface area contributed by atoms with Crippen molar-refractivity contribution in [2.45, 2.75) is 70.2 Å². The topological polar surface area (TPSA) is 84.5 Å². The molecule has 25 heavy (non-hydrogen) atoms. The van der Waals surface area contributed by atoms with Crippen LogP contribution in [-0.4, -0.2) is 51.2 Å². The number of nitrogens with one attached hydrogen (secondary N) is 2. The van der Waals surface area contributed by atoms with Gasteiger partial charge in [-0.25, -0.2) is 4.68 Å². The molecule has 7 heteroatoms. The molecule has 3 aliphatic heterocycles. The average molecular weight is 348 g/mol. The normalized spacial score (nSPS) is 32.7. The minimum atomic E-state index is -0.0622. The maximum atomic E-state index is 12.8. The minimum Gasteiger partial charge on any atom is -0.390 e. The van der Waals surface area contributed by atoms with Crippen LogP contribution >= 0.6 is 0 Å². The molecule has 1 unspecified atom stereocenters. The molecule has 4 atom stereocenters. The van der Waals surface area contributed by atoms with E-state index in [1.807, 2.05) is 10.9 Å². The fourth-order valence-electron chi connectivity index (χ4n) is 5.10. The third-order valence-corrected chi connectivity index (χ3v) is 6.50. The number of carbonyl (C=O) groups is 1. The molecule has 7 nitrogen and oxygen atoms in total. The Hall–Kier alpha value is -1.47. The molecule has 138 valence electrons. The quantitative estimate of drug-likeness (QED) is 0.671. The van der Waals surface area contributed by atoms with E-state index in [2.05, 4.69) is 15.6 Å². The van der Waals surface area contributed by atoms with Crippen LogP contribution in [0, 0.1) is 11.8 Å². The van der Waals surface area contributed by atoms with E-state index in [1.54, 1.807) is 0 Å².